The molecule has 0 bridgehead atoms. The zero-order chi connectivity index (χ0) is 23.0. The third-order valence-electron chi connectivity index (χ3n) is 6.29. The minimum atomic E-state index is 0.668. The number of para-hydroxylation sites is 2. The zero-order valence-corrected chi connectivity index (χ0v) is 19.9. The first-order valence-electron chi connectivity index (χ1n) is 11.6. The summed E-state index contributed by atoms with van der Waals surface area (Å²) in [5.74, 6) is 2.20. The molecule has 0 spiro atoms. The molecule has 0 N–H and O–H groups in total. The van der Waals surface area contributed by atoms with Crippen LogP contribution < -0.4 is 14.4 Å². The lowest BCUT2D eigenvalue weighted by atomic mass is 10.1. The summed E-state index contributed by atoms with van der Waals surface area (Å²) in [4.78, 5) is 7.42. The van der Waals surface area contributed by atoms with E-state index in [-0.39, 0.29) is 0 Å². The van der Waals surface area contributed by atoms with Gasteiger partial charge in [0.25, 0.3) is 0 Å². The number of nitrogens with zero attached hydrogens (tertiary/aromatic N) is 4. The predicted octanol–water partition coefficient (Wildman–Crippen LogP) is 4.00. The van der Waals surface area contributed by atoms with Gasteiger partial charge in [-0.1, -0.05) is 36.3 Å². The van der Waals surface area contributed by atoms with E-state index in [0.29, 0.717) is 11.5 Å². The first-order valence-corrected chi connectivity index (χ1v) is 11.6. The molecule has 0 radical (unpaired) electrons. The number of piperazine rings is 1. The molecule has 0 amide bonds. The second-order valence-electron chi connectivity index (χ2n) is 8.25. The van der Waals surface area contributed by atoms with Gasteiger partial charge in [0.2, 0.25) is 0 Å². The molecule has 1 fully saturated rings. The molecule has 1 aliphatic rings. The number of ether oxygens (including phenoxy) is 2. The lowest BCUT2D eigenvalue weighted by molar-refractivity contribution is 0.185. The van der Waals surface area contributed by atoms with Gasteiger partial charge in [-0.15, -0.1) is 0 Å². The summed E-state index contributed by atoms with van der Waals surface area (Å²) in [5.41, 5.74) is 2.95. The largest absolute Gasteiger partial charge is 0.493 e. The van der Waals surface area contributed by atoms with Crippen molar-refractivity contribution in [1.82, 2.24) is 15.0 Å². The van der Waals surface area contributed by atoms with Crippen LogP contribution in [0.4, 0.5) is 5.69 Å². The molecule has 7 nitrogen and oxygen atoms in total. The van der Waals surface area contributed by atoms with Gasteiger partial charge in [0.1, 0.15) is 5.69 Å². The van der Waals surface area contributed by atoms with Gasteiger partial charge < -0.3 is 18.9 Å². The lowest BCUT2D eigenvalue weighted by Crippen LogP contribution is -2.48. The van der Waals surface area contributed by atoms with Crippen LogP contribution in [-0.4, -0.2) is 75.0 Å². The van der Waals surface area contributed by atoms with E-state index in [0.717, 1.165) is 69.4 Å². The van der Waals surface area contributed by atoms with Gasteiger partial charge in [0, 0.05) is 56.6 Å². The standard InChI is InChI=1S/C26H34N4O3/c1-4-28(13-14-29-15-17-30(18-16-29)21-9-6-5-7-10-21)20-22-19-24(27-33-22)23-11-8-12-25(31-2)26(23)32-3/h5-12,19H,4,13-18,20H2,1-3H3. The smallest absolute Gasteiger partial charge is 0.170 e. The van der Waals surface area contributed by atoms with Crippen molar-refractivity contribution in [2.24, 2.45) is 0 Å². The minimum Gasteiger partial charge on any atom is -0.493 e. The number of aromatic nitrogens is 1. The fraction of sp³-hybridized carbons (Fsp3) is 0.423. The van der Waals surface area contributed by atoms with Gasteiger partial charge in [-0.05, 0) is 30.8 Å². The van der Waals surface area contributed by atoms with E-state index in [1.54, 1.807) is 14.2 Å². The van der Waals surface area contributed by atoms with E-state index >= 15 is 0 Å². The molecule has 1 saturated heterocycles. The molecule has 176 valence electrons. The van der Waals surface area contributed by atoms with Gasteiger partial charge in [-0.2, -0.15) is 0 Å². The Morgan fingerprint density at radius 3 is 2.45 bits per heavy atom. The zero-order valence-electron chi connectivity index (χ0n) is 19.9. The maximum atomic E-state index is 5.67. The molecule has 1 aromatic heterocycles. The maximum Gasteiger partial charge on any atom is 0.170 e. The number of methoxy groups -OCH3 is 2. The summed E-state index contributed by atoms with van der Waals surface area (Å²) >= 11 is 0. The number of hydrogen-bond donors (Lipinski definition) is 0. The Bertz CT molecular complexity index is 1000. The Labute approximate surface area is 196 Å². The second kappa shape index (κ2) is 11.2. The molecular formula is C26H34N4O3. The molecule has 0 atom stereocenters. The lowest BCUT2D eigenvalue weighted by Gasteiger charge is -2.36. The van der Waals surface area contributed by atoms with E-state index < -0.39 is 0 Å². The highest BCUT2D eigenvalue weighted by Crippen LogP contribution is 2.37. The monoisotopic (exact) mass is 450 g/mol. The average molecular weight is 451 g/mol. The van der Waals surface area contributed by atoms with Crippen LogP contribution >= 0.6 is 0 Å². The average Bonchev–Trinajstić information content (AvgIpc) is 3.35. The normalized spacial score (nSPS) is 14.6. The number of benzene rings is 2. The van der Waals surface area contributed by atoms with Crippen LogP contribution in [0.3, 0.4) is 0 Å². The van der Waals surface area contributed by atoms with Crippen molar-refractivity contribution in [1.29, 1.82) is 0 Å². The number of rotatable bonds is 10. The summed E-state index contributed by atoms with van der Waals surface area (Å²) in [6.07, 6.45) is 0. The molecule has 0 aliphatic carbocycles. The van der Waals surface area contributed by atoms with Crippen molar-refractivity contribution in [2.75, 3.05) is 64.9 Å². The summed E-state index contributed by atoms with van der Waals surface area (Å²) in [5, 5.41) is 4.29. The Morgan fingerprint density at radius 2 is 1.76 bits per heavy atom. The summed E-state index contributed by atoms with van der Waals surface area (Å²) < 4.78 is 16.6. The highest BCUT2D eigenvalue weighted by atomic mass is 16.5. The Morgan fingerprint density at radius 1 is 0.970 bits per heavy atom. The van der Waals surface area contributed by atoms with Gasteiger partial charge in [0.05, 0.1) is 20.8 Å². The van der Waals surface area contributed by atoms with Crippen LogP contribution in [0.15, 0.2) is 59.1 Å². The van der Waals surface area contributed by atoms with Crippen LogP contribution in [0.1, 0.15) is 12.7 Å². The predicted molar refractivity (Wildman–Crippen MR) is 131 cm³/mol. The fourth-order valence-corrected chi connectivity index (χ4v) is 4.32. The maximum absolute atomic E-state index is 5.67. The van der Waals surface area contributed by atoms with Crippen molar-refractivity contribution >= 4 is 5.69 Å². The van der Waals surface area contributed by atoms with Gasteiger partial charge in [-0.25, -0.2) is 0 Å². The van der Waals surface area contributed by atoms with Gasteiger partial charge in [-0.3, -0.25) is 9.80 Å². The Hall–Kier alpha value is -3.03. The van der Waals surface area contributed by atoms with Crippen LogP contribution in [0.25, 0.3) is 11.3 Å². The Kier molecular flexibility index (Phi) is 7.86. The van der Waals surface area contributed by atoms with E-state index in [9.17, 15) is 0 Å². The van der Waals surface area contributed by atoms with E-state index in [1.165, 1.54) is 5.69 Å². The molecule has 1 aliphatic heterocycles. The van der Waals surface area contributed by atoms with E-state index in [4.69, 9.17) is 14.0 Å². The molecule has 33 heavy (non-hydrogen) atoms. The second-order valence-corrected chi connectivity index (χ2v) is 8.25. The molecular weight excluding hydrogens is 416 g/mol. The molecule has 3 aromatic rings. The van der Waals surface area contributed by atoms with Crippen LogP contribution in [0.5, 0.6) is 11.5 Å². The van der Waals surface area contributed by atoms with Gasteiger partial charge in [0.15, 0.2) is 17.3 Å². The quantitative estimate of drug-likeness (QED) is 0.463. The fourth-order valence-electron chi connectivity index (χ4n) is 4.32. The molecule has 0 unspecified atom stereocenters. The van der Waals surface area contributed by atoms with E-state index in [2.05, 4.69) is 57.1 Å². The topological polar surface area (TPSA) is 54.2 Å². The van der Waals surface area contributed by atoms with Crippen molar-refractivity contribution in [2.45, 2.75) is 13.5 Å². The molecule has 2 aromatic carbocycles. The van der Waals surface area contributed by atoms with E-state index in [1.807, 2.05) is 24.3 Å². The Balaban J connectivity index is 1.30. The summed E-state index contributed by atoms with van der Waals surface area (Å²) in [7, 11) is 3.28. The number of anilines is 1. The van der Waals surface area contributed by atoms with Gasteiger partial charge >= 0.3 is 0 Å². The molecule has 2 heterocycles. The minimum absolute atomic E-state index is 0.668. The first-order chi connectivity index (χ1) is 16.2. The van der Waals surface area contributed by atoms with Crippen LogP contribution in [0.2, 0.25) is 0 Å². The van der Waals surface area contributed by atoms with Crippen molar-refractivity contribution < 1.29 is 14.0 Å². The molecule has 7 heteroatoms. The third kappa shape index (κ3) is 5.67. The summed E-state index contributed by atoms with van der Waals surface area (Å²) in [6, 6.07) is 18.5. The number of hydrogen-bond acceptors (Lipinski definition) is 7. The highest BCUT2D eigenvalue weighted by molar-refractivity contribution is 5.71. The third-order valence-corrected chi connectivity index (χ3v) is 6.29. The summed E-state index contributed by atoms with van der Waals surface area (Å²) in [6.45, 7) is 10.3. The van der Waals surface area contributed by atoms with Crippen molar-refractivity contribution in [3.63, 3.8) is 0 Å². The van der Waals surface area contributed by atoms with Crippen LogP contribution in [-0.2, 0) is 6.54 Å². The van der Waals surface area contributed by atoms with Crippen molar-refractivity contribution in [3.8, 4) is 22.8 Å². The molecule has 4 rings (SSSR count). The highest BCUT2D eigenvalue weighted by Gasteiger charge is 2.19. The van der Waals surface area contributed by atoms with Crippen molar-refractivity contribution in [3.05, 3.63) is 60.4 Å². The molecule has 0 saturated carbocycles. The SMILES string of the molecule is CCN(CCN1CCN(c2ccccc2)CC1)Cc1cc(-c2cccc(OC)c2OC)no1. The van der Waals surface area contributed by atoms with Crippen LogP contribution in [0, 0.1) is 0 Å². The first kappa shape index (κ1) is 23.1. The number of likely N-dealkylation sites (N-methyl/N-ethyl adjacent to an activating group) is 1.